The van der Waals surface area contributed by atoms with Crippen LogP contribution in [0.2, 0.25) is 5.02 Å². The van der Waals surface area contributed by atoms with E-state index in [1.165, 1.54) is 18.2 Å². The van der Waals surface area contributed by atoms with Gasteiger partial charge in [0.25, 0.3) is 0 Å². The van der Waals surface area contributed by atoms with Crippen molar-refractivity contribution in [2.75, 3.05) is 6.61 Å². The van der Waals surface area contributed by atoms with Crippen molar-refractivity contribution in [2.24, 2.45) is 0 Å². The Morgan fingerprint density at radius 1 is 1.50 bits per heavy atom. The Labute approximate surface area is 111 Å². The lowest BCUT2D eigenvalue weighted by Crippen LogP contribution is -2.06. The molecule has 0 amide bonds. The molecule has 0 N–H and O–H groups in total. The molecular formula is C14H16ClFO2. The lowest BCUT2D eigenvalue weighted by atomic mass is 10.0. The van der Waals surface area contributed by atoms with Crippen molar-refractivity contribution in [1.82, 2.24) is 0 Å². The van der Waals surface area contributed by atoms with E-state index in [2.05, 4.69) is 0 Å². The molecule has 1 atom stereocenters. The van der Waals surface area contributed by atoms with E-state index in [9.17, 15) is 9.18 Å². The highest BCUT2D eigenvalue weighted by Crippen LogP contribution is 2.20. The van der Waals surface area contributed by atoms with Gasteiger partial charge in [-0.2, -0.15) is 0 Å². The van der Waals surface area contributed by atoms with Crippen LogP contribution in [-0.2, 0) is 4.74 Å². The summed E-state index contributed by atoms with van der Waals surface area (Å²) in [5.74, 6) is -0.484. The molecule has 2 rings (SSSR count). The number of carbonyl (C=O) groups is 1. The van der Waals surface area contributed by atoms with Gasteiger partial charge in [0.15, 0.2) is 5.78 Å². The highest BCUT2D eigenvalue weighted by atomic mass is 35.5. The summed E-state index contributed by atoms with van der Waals surface area (Å²) in [5, 5.41) is -0.0000220. The molecule has 0 radical (unpaired) electrons. The van der Waals surface area contributed by atoms with Crippen LogP contribution in [0.5, 0.6) is 0 Å². The SMILES string of the molecule is O=C(CCCC1CCCO1)c1ccc(F)c(Cl)c1. The van der Waals surface area contributed by atoms with Gasteiger partial charge in [0.1, 0.15) is 5.82 Å². The number of rotatable bonds is 5. The van der Waals surface area contributed by atoms with Crippen LogP contribution < -0.4 is 0 Å². The normalized spacial score (nSPS) is 19.1. The Hall–Kier alpha value is -0.930. The van der Waals surface area contributed by atoms with Crippen molar-refractivity contribution in [1.29, 1.82) is 0 Å². The number of carbonyl (C=O) groups excluding carboxylic acids is 1. The number of ether oxygens (including phenoxy) is 1. The van der Waals surface area contributed by atoms with Crippen LogP contribution in [0, 0.1) is 5.82 Å². The van der Waals surface area contributed by atoms with Crippen LogP contribution in [0.25, 0.3) is 0 Å². The molecule has 1 aliphatic rings. The van der Waals surface area contributed by atoms with Crippen LogP contribution in [0.3, 0.4) is 0 Å². The van der Waals surface area contributed by atoms with Crippen LogP contribution in [0.15, 0.2) is 18.2 Å². The fraction of sp³-hybridized carbons (Fsp3) is 0.500. The summed E-state index contributed by atoms with van der Waals surface area (Å²) in [7, 11) is 0. The molecule has 1 saturated heterocycles. The van der Waals surface area contributed by atoms with Gasteiger partial charge in [0.2, 0.25) is 0 Å². The minimum atomic E-state index is -0.493. The zero-order valence-corrected chi connectivity index (χ0v) is 10.9. The molecule has 0 aromatic heterocycles. The largest absolute Gasteiger partial charge is 0.378 e. The Morgan fingerprint density at radius 2 is 2.33 bits per heavy atom. The van der Waals surface area contributed by atoms with Gasteiger partial charge in [-0.25, -0.2) is 4.39 Å². The molecule has 1 unspecified atom stereocenters. The van der Waals surface area contributed by atoms with Crippen LogP contribution >= 0.6 is 11.6 Å². The molecule has 1 fully saturated rings. The lowest BCUT2D eigenvalue weighted by Gasteiger charge is -2.08. The van der Waals surface area contributed by atoms with Crippen molar-refractivity contribution >= 4 is 17.4 Å². The fourth-order valence-corrected chi connectivity index (χ4v) is 2.36. The van der Waals surface area contributed by atoms with Crippen molar-refractivity contribution in [2.45, 2.75) is 38.2 Å². The van der Waals surface area contributed by atoms with Gasteiger partial charge in [-0.1, -0.05) is 11.6 Å². The molecule has 1 aliphatic heterocycles. The van der Waals surface area contributed by atoms with E-state index in [-0.39, 0.29) is 10.8 Å². The third-order valence-corrected chi connectivity index (χ3v) is 3.49. The standard InChI is InChI=1S/C14H16ClFO2/c15-12-9-10(6-7-13(12)16)14(17)5-1-3-11-4-2-8-18-11/h6-7,9,11H,1-5,8H2. The summed E-state index contributed by atoms with van der Waals surface area (Å²) in [6.07, 6.45) is 4.71. The maximum Gasteiger partial charge on any atom is 0.162 e. The maximum absolute atomic E-state index is 13.0. The number of Topliss-reactive ketones (excluding diaryl/α,β-unsaturated/α-hetero) is 1. The van der Waals surface area contributed by atoms with E-state index < -0.39 is 5.82 Å². The van der Waals surface area contributed by atoms with Crippen molar-refractivity contribution < 1.29 is 13.9 Å². The molecule has 0 bridgehead atoms. The minimum Gasteiger partial charge on any atom is -0.378 e. The second-order valence-corrected chi connectivity index (χ2v) is 4.99. The lowest BCUT2D eigenvalue weighted by molar-refractivity contribution is 0.0923. The summed E-state index contributed by atoms with van der Waals surface area (Å²) in [4.78, 5) is 11.9. The van der Waals surface area contributed by atoms with Gasteiger partial charge in [-0.05, 0) is 43.9 Å². The van der Waals surface area contributed by atoms with Gasteiger partial charge in [0.05, 0.1) is 11.1 Å². The summed E-state index contributed by atoms with van der Waals surface area (Å²) < 4.78 is 18.5. The smallest absolute Gasteiger partial charge is 0.162 e. The van der Waals surface area contributed by atoms with E-state index in [0.29, 0.717) is 18.1 Å². The number of halogens is 2. The van der Waals surface area contributed by atoms with E-state index in [0.717, 1.165) is 32.3 Å². The first-order valence-corrected chi connectivity index (χ1v) is 6.64. The topological polar surface area (TPSA) is 26.3 Å². The molecule has 0 spiro atoms. The third-order valence-electron chi connectivity index (χ3n) is 3.20. The van der Waals surface area contributed by atoms with Gasteiger partial charge in [-0.3, -0.25) is 4.79 Å². The molecule has 2 nitrogen and oxygen atoms in total. The second kappa shape index (κ2) is 6.30. The van der Waals surface area contributed by atoms with Crippen LogP contribution in [-0.4, -0.2) is 18.5 Å². The average molecular weight is 271 g/mol. The van der Waals surface area contributed by atoms with Gasteiger partial charge in [0, 0.05) is 18.6 Å². The maximum atomic E-state index is 13.0. The molecule has 1 aromatic rings. The van der Waals surface area contributed by atoms with Crippen molar-refractivity contribution in [3.63, 3.8) is 0 Å². The molecule has 98 valence electrons. The van der Waals surface area contributed by atoms with Crippen LogP contribution in [0.4, 0.5) is 4.39 Å². The molecule has 1 aromatic carbocycles. The monoisotopic (exact) mass is 270 g/mol. The van der Waals surface area contributed by atoms with Crippen LogP contribution in [0.1, 0.15) is 42.5 Å². The molecule has 0 aliphatic carbocycles. The van der Waals surface area contributed by atoms with E-state index >= 15 is 0 Å². The van der Waals surface area contributed by atoms with Gasteiger partial charge < -0.3 is 4.74 Å². The molecular weight excluding hydrogens is 255 g/mol. The third kappa shape index (κ3) is 3.53. The summed E-state index contributed by atoms with van der Waals surface area (Å²) in [6, 6.07) is 4.11. The Kier molecular flexibility index (Phi) is 4.72. The summed E-state index contributed by atoms with van der Waals surface area (Å²) >= 11 is 5.65. The first kappa shape index (κ1) is 13.5. The van der Waals surface area contributed by atoms with E-state index in [1.807, 2.05) is 0 Å². The molecule has 18 heavy (non-hydrogen) atoms. The highest BCUT2D eigenvalue weighted by Gasteiger charge is 2.16. The minimum absolute atomic E-state index is 0.0000220. The zero-order chi connectivity index (χ0) is 13.0. The van der Waals surface area contributed by atoms with E-state index in [1.54, 1.807) is 0 Å². The predicted molar refractivity (Wildman–Crippen MR) is 68.6 cm³/mol. The van der Waals surface area contributed by atoms with Crippen molar-refractivity contribution in [3.05, 3.63) is 34.6 Å². The fourth-order valence-electron chi connectivity index (χ4n) is 2.18. The Balaban J connectivity index is 1.81. The molecule has 1 heterocycles. The van der Waals surface area contributed by atoms with Gasteiger partial charge >= 0.3 is 0 Å². The Morgan fingerprint density at radius 3 is 3.00 bits per heavy atom. The number of hydrogen-bond acceptors (Lipinski definition) is 2. The van der Waals surface area contributed by atoms with Gasteiger partial charge in [-0.15, -0.1) is 0 Å². The molecule has 0 saturated carbocycles. The summed E-state index contributed by atoms with van der Waals surface area (Å²) in [5.41, 5.74) is 0.480. The first-order chi connectivity index (χ1) is 8.66. The second-order valence-electron chi connectivity index (χ2n) is 4.58. The quantitative estimate of drug-likeness (QED) is 0.756. The average Bonchev–Trinajstić information content (AvgIpc) is 2.85. The molecule has 4 heteroatoms. The predicted octanol–water partition coefficient (Wildman–Crippen LogP) is 4.01. The van der Waals surface area contributed by atoms with E-state index in [4.69, 9.17) is 16.3 Å². The number of hydrogen-bond donors (Lipinski definition) is 0. The zero-order valence-electron chi connectivity index (χ0n) is 10.1. The van der Waals surface area contributed by atoms with Crippen molar-refractivity contribution in [3.8, 4) is 0 Å². The Bertz CT molecular complexity index is 428. The summed E-state index contributed by atoms with van der Waals surface area (Å²) in [6.45, 7) is 0.839. The number of benzene rings is 1. The number of ketones is 1. The first-order valence-electron chi connectivity index (χ1n) is 6.26. The highest BCUT2D eigenvalue weighted by molar-refractivity contribution is 6.31.